The summed E-state index contributed by atoms with van der Waals surface area (Å²) in [5.74, 6) is -1.54. The quantitative estimate of drug-likeness (QED) is 0.516. The monoisotopic (exact) mass is 351 g/mol. The zero-order valence-electron chi connectivity index (χ0n) is 9.76. The zero-order valence-corrected chi connectivity index (χ0v) is 12.2. The molecule has 0 unspecified atom stereocenters. The molecule has 0 atom stereocenters. The first kappa shape index (κ1) is 15.4. The Morgan fingerprint density at radius 3 is 2.37 bits per heavy atom. The summed E-state index contributed by atoms with van der Waals surface area (Å²) in [4.78, 5) is 6.85. The molecule has 10 heteroatoms. The highest BCUT2D eigenvalue weighted by atomic mass is 79.9. The van der Waals surface area contributed by atoms with Gasteiger partial charge in [-0.25, -0.2) is 17.8 Å². The van der Waals surface area contributed by atoms with Gasteiger partial charge in [-0.3, -0.25) is 0 Å². The minimum absolute atomic E-state index is 0.160. The van der Waals surface area contributed by atoms with E-state index in [1.807, 2.05) is 0 Å². The predicted octanol–water partition coefficient (Wildman–Crippen LogP) is 0.211. The second-order valence-electron chi connectivity index (χ2n) is 3.51. The van der Waals surface area contributed by atoms with Gasteiger partial charge in [0.25, 0.3) is 0 Å². The van der Waals surface area contributed by atoms with Crippen molar-refractivity contribution in [2.24, 2.45) is 27.2 Å². The number of aliphatic imine (C=N–C) groups is 2. The summed E-state index contributed by atoms with van der Waals surface area (Å²) < 4.78 is 36.6. The Kier molecular flexibility index (Phi) is 4.48. The Balaban J connectivity index is 3.36. The molecule has 0 saturated carbocycles. The van der Waals surface area contributed by atoms with Crippen LogP contribution in [-0.4, -0.2) is 26.6 Å². The Bertz CT molecular complexity index is 667. The van der Waals surface area contributed by atoms with Crippen LogP contribution in [0, 0.1) is 5.82 Å². The van der Waals surface area contributed by atoms with Crippen molar-refractivity contribution in [2.75, 3.05) is 6.26 Å². The van der Waals surface area contributed by atoms with E-state index in [2.05, 4.69) is 25.9 Å². The van der Waals surface area contributed by atoms with E-state index in [0.717, 1.165) is 12.3 Å². The molecule has 104 valence electrons. The molecule has 0 bridgehead atoms. The molecule has 0 aliphatic carbocycles. The summed E-state index contributed by atoms with van der Waals surface area (Å²) >= 11 is 3.02. The summed E-state index contributed by atoms with van der Waals surface area (Å²) in [5, 5.41) is 0. The molecule has 0 fully saturated rings. The van der Waals surface area contributed by atoms with Crippen LogP contribution < -0.4 is 17.2 Å². The first-order valence-electron chi connectivity index (χ1n) is 4.74. The molecule has 0 saturated heterocycles. The summed E-state index contributed by atoms with van der Waals surface area (Å²) in [6, 6.07) is 2.00. The summed E-state index contributed by atoms with van der Waals surface area (Å²) in [6.45, 7) is 0. The maximum atomic E-state index is 13.7. The van der Waals surface area contributed by atoms with Crippen LogP contribution >= 0.6 is 15.9 Å². The molecule has 19 heavy (non-hydrogen) atoms. The van der Waals surface area contributed by atoms with Gasteiger partial charge < -0.3 is 17.2 Å². The molecule has 0 spiro atoms. The third-order valence-electron chi connectivity index (χ3n) is 1.88. The lowest BCUT2D eigenvalue weighted by Gasteiger charge is -2.05. The van der Waals surface area contributed by atoms with Crippen LogP contribution in [0.3, 0.4) is 0 Å². The maximum absolute atomic E-state index is 13.7. The normalized spacial score (nSPS) is 12.3. The van der Waals surface area contributed by atoms with Gasteiger partial charge in [0.05, 0.1) is 4.90 Å². The lowest BCUT2D eigenvalue weighted by molar-refractivity contribution is 0.595. The van der Waals surface area contributed by atoms with E-state index < -0.39 is 15.7 Å². The highest BCUT2D eigenvalue weighted by Gasteiger charge is 2.16. The summed E-state index contributed by atoms with van der Waals surface area (Å²) in [5.41, 5.74) is 15.3. The van der Waals surface area contributed by atoms with Gasteiger partial charge in [-0.2, -0.15) is 4.99 Å². The first-order valence-corrected chi connectivity index (χ1v) is 7.42. The molecular formula is C9H11BrFN5O2S. The van der Waals surface area contributed by atoms with E-state index in [1.54, 1.807) is 0 Å². The minimum Gasteiger partial charge on any atom is -0.370 e. The largest absolute Gasteiger partial charge is 0.370 e. The fourth-order valence-corrected chi connectivity index (χ4v) is 3.11. The number of rotatable bonds is 2. The van der Waals surface area contributed by atoms with Gasteiger partial charge in [0, 0.05) is 10.7 Å². The van der Waals surface area contributed by atoms with E-state index in [9.17, 15) is 12.8 Å². The van der Waals surface area contributed by atoms with Crippen molar-refractivity contribution < 1.29 is 12.8 Å². The molecule has 0 heterocycles. The number of halogens is 2. The van der Waals surface area contributed by atoms with Gasteiger partial charge in [0.15, 0.2) is 15.8 Å². The molecule has 0 radical (unpaired) electrons. The fourth-order valence-electron chi connectivity index (χ4n) is 1.17. The fraction of sp³-hybridized carbons (Fsp3) is 0.111. The Morgan fingerprint density at radius 2 is 1.89 bits per heavy atom. The van der Waals surface area contributed by atoms with E-state index in [4.69, 9.17) is 17.2 Å². The van der Waals surface area contributed by atoms with Gasteiger partial charge in [0.1, 0.15) is 11.5 Å². The second-order valence-corrected chi connectivity index (χ2v) is 6.35. The van der Waals surface area contributed by atoms with Crippen molar-refractivity contribution in [1.29, 1.82) is 0 Å². The second kappa shape index (κ2) is 5.53. The van der Waals surface area contributed by atoms with E-state index in [1.165, 1.54) is 6.07 Å². The van der Waals surface area contributed by atoms with Gasteiger partial charge in [0.2, 0.25) is 5.96 Å². The Hall–Kier alpha value is -1.68. The van der Waals surface area contributed by atoms with E-state index in [0.29, 0.717) is 0 Å². The van der Waals surface area contributed by atoms with Crippen LogP contribution in [0.5, 0.6) is 0 Å². The van der Waals surface area contributed by atoms with Crippen molar-refractivity contribution in [1.82, 2.24) is 0 Å². The topological polar surface area (TPSA) is 137 Å². The standard InChI is InChI=1S/C9H11BrFN5O2S/c1-19(17,18)7-3-5(11)6(2-4(7)10)15-9(14)16-8(12)13/h2-3H,1H3,(H6,12,13,14,15,16). The minimum atomic E-state index is -3.55. The van der Waals surface area contributed by atoms with Crippen molar-refractivity contribution in [3.63, 3.8) is 0 Å². The number of nitrogens with zero attached hydrogens (tertiary/aromatic N) is 2. The van der Waals surface area contributed by atoms with Crippen LogP contribution in [0.4, 0.5) is 10.1 Å². The molecule has 1 aromatic rings. The molecule has 0 aromatic heterocycles. The third-order valence-corrected chi connectivity index (χ3v) is 3.93. The summed E-state index contributed by atoms with van der Waals surface area (Å²) in [6.07, 6.45) is 0.962. The van der Waals surface area contributed by atoms with Crippen LogP contribution in [0.1, 0.15) is 0 Å². The van der Waals surface area contributed by atoms with Gasteiger partial charge in [-0.05, 0) is 28.1 Å². The Labute approximate surface area is 117 Å². The molecular weight excluding hydrogens is 341 g/mol. The van der Waals surface area contributed by atoms with Gasteiger partial charge in [-0.1, -0.05) is 0 Å². The molecule has 0 aliphatic rings. The molecule has 0 amide bonds. The molecule has 1 aromatic carbocycles. The molecule has 6 N–H and O–H groups in total. The van der Waals surface area contributed by atoms with Crippen LogP contribution in [0.25, 0.3) is 0 Å². The van der Waals surface area contributed by atoms with Crippen molar-refractivity contribution in [3.8, 4) is 0 Å². The van der Waals surface area contributed by atoms with E-state index >= 15 is 0 Å². The van der Waals surface area contributed by atoms with Crippen LogP contribution in [0.2, 0.25) is 0 Å². The van der Waals surface area contributed by atoms with Crippen LogP contribution in [-0.2, 0) is 9.84 Å². The average Bonchev–Trinajstić information content (AvgIpc) is 2.19. The lowest BCUT2D eigenvalue weighted by atomic mass is 10.3. The van der Waals surface area contributed by atoms with Gasteiger partial charge in [-0.15, -0.1) is 0 Å². The average molecular weight is 352 g/mol. The number of benzene rings is 1. The highest BCUT2D eigenvalue weighted by molar-refractivity contribution is 9.10. The van der Waals surface area contributed by atoms with Gasteiger partial charge >= 0.3 is 0 Å². The molecule has 0 aliphatic heterocycles. The number of hydrogen-bond donors (Lipinski definition) is 3. The zero-order chi connectivity index (χ0) is 14.8. The maximum Gasteiger partial charge on any atom is 0.223 e. The number of guanidine groups is 2. The van der Waals surface area contributed by atoms with Crippen molar-refractivity contribution in [2.45, 2.75) is 4.90 Å². The van der Waals surface area contributed by atoms with Crippen molar-refractivity contribution >= 4 is 43.4 Å². The summed E-state index contributed by atoms with van der Waals surface area (Å²) in [7, 11) is -3.55. The predicted molar refractivity (Wildman–Crippen MR) is 74.3 cm³/mol. The number of hydrogen-bond acceptors (Lipinski definition) is 3. The van der Waals surface area contributed by atoms with Crippen molar-refractivity contribution in [3.05, 3.63) is 22.4 Å². The van der Waals surface area contributed by atoms with Crippen LogP contribution in [0.15, 0.2) is 31.5 Å². The Morgan fingerprint density at radius 1 is 1.32 bits per heavy atom. The SMILES string of the molecule is CS(=O)(=O)c1cc(F)c(N=C(N)N=C(N)N)cc1Br. The smallest absolute Gasteiger partial charge is 0.223 e. The highest BCUT2D eigenvalue weighted by Crippen LogP contribution is 2.29. The molecule has 1 rings (SSSR count). The first-order chi connectivity index (χ1) is 8.61. The number of sulfone groups is 1. The lowest BCUT2D eigenvalue weighted by Crippen LogP contribution is -2.26. The number of nitrogens with two attached hydrogens (primary N) is 3. The van der Waals surface area contributed by atoms with E-state index in [-0.39, 0.29) is 27.0 Å². The molecule has 7 nitrogen and oxygen atoms in total. The third kappa shape index (κ3) is 4.17.